The highest BCUT2D eigenvalue weighted by Crippen LogP contribution is 2.31. The van der Waals surface area contributed by atoms with Gasteiger partial charge < -0.3 is 10.2 Å². The van der Waals surface area contributed by atoms with E-state index in [1.54, 1.807) is 11.3 Å². The molecular formula is C12H16BrN3S. The van der Waals surface area contributed by atoms with Crippen LogP contribution in [0.4, 0.5) is 5.69 Å². The van der Waals surface area contributed by atoms with E-state index in [2.05, 4.69) is 57.4 Å². The second kappa shape index (κ2) is 5.33. The fourth-order valence-electron chi connectivity index (χ4n) is 1.61. The van der Waals surface area contributed by atoms with Gasteiger partial charge in [-0.05, 0) is 49.1 Å². The lowest BCUT2D eigenvalue weighted by Crippen LogP contribution is -2.20. The van der Waals surface area contributed by atoms with Crippen molar-refractivity contribution in [1.29, 1.82) is 0 Å². The Labute approximate surface area is 114 Å². The minimum Gasteiger partial charge on any atom is -0.383 e. The molecule has 1 aromatic heterocycles. The molecule has 0 bridgehead atoms. The van der Waals surface area contributed by atoms with Gasteiger partial charge in [0, 0.05) is 17.6 Å². The molecule has 0 fully saturated rings. The molecule has 17 heavy (non-hydrogen) atoms. The zero-order valence-corrected chi connectivity index (χ0v) is 12.7. The maximum absolute atomic E-state index is 4.51. The number of rotatable bonds is 4. The summed E-state index contributed by atoms with van der Waals surface area (Å²) < 4.78 is 2.33. The number of halogens is 1. The molecule has 0 saturated carbocycles. The quantitative estimate of drug-likeness (QED) is 0.938. The van der Waals surface area contributed by atoms with Gasteiger partial charge in [0.1, 0.15) is 0 Å². The summed E-state index contributed by atoms with van der Waals surface area (Å²) in [6.45, 7) is 3.98. The first kappa shape index (κ1) is 12.8. The van der Waals surface area contributed by atoms with Crippen LogP contribution in [0.1, 0.15) is 5.01 Å². The predicted octanol–water partition coefficient (Wildman–Crippen LogP) is 3.34. The van der Waals surface area contributed by atoms with Gasteiger partial charge in [-0.1, -0.05) is 0 Å². The lowest BCUT2D eigenvalue weighted by Gasteiger charge is -2.12. The highest BCUT2D eigenvalue weighted by molar-refractivity contribution is 9.10. The first-order valence-electron chi connectivity index (χ1n) is 5.51. The molecule has 0 spiro atoms. The monoisotopic (exact) mass is 313 g/mol. The number of nitrogens with one attached hydrogen (secondary N) is 1. The third-order valence-corrected chi connectivity index (χ3v) is 4.05. The molecule has 3 nitrogen and oxygen atoms in total. The van der Waals surface area contributed by atoms with Crippen molar-refractivity contribution < 1.29 is 0 Å². The number of anilines is 1. The summed E-state index contributed by atoms with van der Waals surface area (Å²) >= 11 is 5.32. The number of fused-ring (bicyclic) bond motifs is 1. The Morgan fingerprint density at radius 3 is 2.88 bits per heavy atom. The van der Waals surface area contributed by atoms with Crippen molar-refractivity contribution in [2.75, 3.05) is 32.5 Å². The van der Waals surface area contributed by atoms with Crippen molar-refractivity contribution in [3.8, 4) is 0 Å². The number of aromatic nitrogens is 1. The first-order valence-corrected chi connectivity index (χ1v) is 7.12. The average Bonchev–Trinajstić information content (AvgIpc) is 2.57. The van der Waals surface area contributed by atoms with Crippen LogP contribution in [0.5, 0.6) is 0 Å². The van der Waals surface area contributed by atoms with Crippen molar-refractivity contribution >= 4 is 43.2 Å². The van der Waals surface area contributed by atoms with E-state index in [1.165, 1.54) is 4.70 Å². The van der Waals surface area contributed by atoms with Crippen LogP contribution >= 0.6 is 27.3 Å². The van der Waals surface area contributed by atoms with Gasteiger partial charge in [-0.15, -0.1) is 11.3 Å². The van der Waals surface area contributed by atoms with Gasteiger partial charge in [0.15, 0.2) is 0 Å². The second-order valence-electron chi connectivity index (χ2n) is 4.26. The first-order chi connectivity index (χ1) is 8.06. The van der Waals surface area contributed by atoms with Crippen LogP contribution in [0.25, 0.3) is 10.2 Å². The molecule has 0 aliphatic rings. The van der Waals surface area contributed by atoms with Crippen LogP contribution < -0.4 is 5.32 Å². The standard InChI is InChI=1S/C12H16BrN3S/c1-8-15-11-7-10(14-4-5-16(2)3)9(13)6-12(11)17-8/h6-7,14H,4-5H2,1-3H3. The Hall–Kier alpha value is -0.650. The molecule has 0 amide bonds. The number of benzene rings is 1. The molecule has 0 unspecified atom stereocenters. The molecule has 2 rings (SSSR count). The molecule has 1 heterocycles. The smallest absolute Gasteiger partial charge is 0.0907 e. The summed E-state index contributed by atoms with van der Waals surface area (Å²) in [5.41, 5.74) is 2.19. The van der Waals surface area contributed by atoms with Gasteiger partial charge in [0.25, 0.3) is 0 Å². The molecule has 0 saturated heterocycles. The Kier molecular flexibility index (Phi) is 4.01. The lowest BCUT2D eigenvalue weighted by molar-refractivity contribution is 0.425. The summed E-state index contributed by atoms with van der Waals surface area (Å²) in [6.07, 6.45) is 0. The largest absolute Gasteiger partial charge is 0.383 e. The average molecular weight is 314 g/mol. The number of likely N-dealkylation sites (N-methyl/N-ethyl adjacent to an activating group) is 1. The molecule has 0 radical (unpaired) electrons. The lowest BCUT2D eigenvalue weighted by atomic mass is 10.3. The second-order valence-corrected chi connectivity index (χ2v) is 6.35. The predicted molar refractivity (Wildman–Crippen MR) is 79.1 cm³/mol. The fraction of sp³-hybridized carbons (Fsp3) is 0.417. The molecule has 92 valence electrons. The molecular weight excluding hydrogens is 298 g/mol. The molecule has 1 N–H and O–H groups in total. The highest BCUT2D eigenvalue weighted by Gasteiger charge is 2.06. The Balaban J connectivity index is 2.18. The summed E-state index contributed by atoms with van der Waals surface area (Å²) in [6, 6.07) is 4.25. The van der Waals surface area contributed by atoms with Gasteiger partial charge in [-0.3, -0.25) is 0 Å². The Morgan fingerprint density at radius 2 is 2.18 bits per heavy atom. The van der Waals surface area contributed by atoms with Gasteiger partial charge in [0.2, 0.25) is 0 Å². The highest BCUT2D eigenvalue weighted by atomic mass is 79.9. The summed E-state index contributed by atoms with van der Waals surface area (Å²) in [5.74, 6) is 0. The van der Waals surface area contributed by atoms with Crippen molar-refractivity contribution in [3.63, 3.8) is 0 Å². The van der Waals surface area contributed by atoms with Gasteiger partial charge >= 0.3 is 0 Å². The van der Waals surface area contributed by atoms with E-state index >= 15 is 0 Å². The summed E-state index contributed by atoms with van der Waals surface area (Å²) in [7, 11) is 4.15. The van der Waals surface area contributed by atoms with Crippen LogP contribution in [-0.4, -0.2) is 37.1 Å². The number of hydrogen-bond acceptors (Lipinski definition) is 4. The van der Waals surface area contributed by atoms with Crippen LogP contribution in [-0.2, 0) is 0 Å². The summed E-state index contributed by atoms with van der Waals surface area (Å²) in [4.78, 5) is 6.66. The molecule has 0 aliphatic heterocycles. The third-order valence-electron chi connectivity index (χ3n) is 2.46. The van der Waals surface area contributed by atoms with Crippen LogP contribution in [0.15, 0.2) is 16.6 Å². The molecule has 5 heteroatoms. The van der Waals surface area contributed by atoms with Crippen molar-refractivity contribution in [3.05, 3.63) is 21.6 Å². The van der Waals surface area contributed by atoms with Crippen molar-refractivity contribution in [1.82, 2.24) is 9.88 Å². The van der Waals surface area contributed by atoms with Gasteiger partial charge in [-0.25, -0.2) is 4.98 Å². The Bertz CT molecular complexity index is 522. The van der Waals surface area contributed by atoms with Crippen molar-refractivity contribution in [2.45, 2.75) is 6.92 Å². The SMILES string of the molecule is Cc1nc2cc(NCCN(C)C)c(Br)cc2s1. The number of aryl methyl sites for hydroxylation is 1. The van der Waals surface area contributed by atoms with Crippen molar-refractivity contribution in [2.24, 2.45) is 0 Å². The topological polar surface area (TPSA) is 28.2 Å². The normalized spacial score (nSPS) is 11.4. The van der Waals surface area contributed by atoms with E-state index < -0.39 is 0 Å². The third kappa shape index (κ3) is 3.18. The molecule has 0 atom stereocenters. The van der Waals surface area contributed by atoms with Gasteiger partial charge in [-0.2, -0.15) is 0 Å². The minimum absolute atomic E-state index is 0.931. The fourth-order valence-corrected chi connectivity index (χ4v) is 3.10. The van der Waals surface area contributed by atoms with Crippen LogP contribution in [0.2, 0.25) is 0 Å². The van der Waals surface area contributed by atoms with E-state index in [-0.39, 0.29) is 0 Å². The van der Waals surface area contributed by atoms with E-state index in [9.17, 15) is 0 Å². The van der Waals surface area contributed by atoms with E-state index in [0.717, 1.165) is 33.8 Å². The zero-order chi connectivity index (χ0) is 12.4. The minimum atomic E-state index is 0.931. The number of hydrogen-bond donors (Lipinski definition) is 1. The summed E-state index contributed by atoms with van der Waals surface area (Å²) in [5, 5.41) is 4.53. The maximum Gasteiger partial charge on any atom is 0.0907 e. The maximum atomic E-state index is 4.51. The number of thiazole rings is 1. The van der Waals surface area contributed by atoms with Crippen LogP contribution in [0, 0.1) is 6.92 Å². The van der Waals surface area contributed by atoms with Crippen LogP contribution in [0.3, 0.4) is 0 Å². The molecule has 0 aliphatic carbocycles. The van der Waals surface area contributed by atoms with E-state index in [0.29, 0.717) is 0 Å². The molecule has 2 aromatic rings. The van der Waals surface area contributed by atoms with E-state index in [1.807, 2.05) is 6.92 Å². The molecule has 1 aromatic carbocycles. The zero-order valence-electron chi connectivity index (χ0n) is 10.2. The van der Waals surface area contributed by atoms with Gasteiger partial charge in [0.05, 0.1) is 20.9 Å². The Morgan fingerprint density at radius 1 is 1.41 bits per heavy atom. The van der Waals surface area contributed by atoms with E-state index in [4.69, 9.17) is 0 Å². The number of nitrogens with zero attached hydrogens (tertiary/aromatic N) is 2.